The Morgan fingerprint density at radius 2 is 2.03 bits per heavy atom. The molecule has 0 unspecified atom stereocenters. The van der Waals surface area contributed by atoms with Crippen LogP contribution in [0.5, 0.6) is 0 Å². The molecule has 1 aromatic rings. The first kappa shape index (κ1) is 21.7. The Balaban J connectivity index is 1.68. The van der Waals surface area contributed by atoms with Crippen molar-refractivity contribution >= 4 is 21.8 Å². The molecule has 0 radical (unpaired) electrons. The fourth-order valence-electron chi connectivity index (χ4n) is 3.91. The number of benzene rings is 1. The van der Waals surface area contributed by atoms with Crippen LogP contribution in [-0.2, 0) is 19.6 Å². The van der Waals surface area contributed by atoms with Crippen molar-refractivity contribution in [2.24, 2.45) is 0 Å². The number of nitrogens with one attached hydrogen (secondary N) is 1. The summed E-state index contributed by atoms with van der Waals surface area (Å²) >= 11 is 0. The van der Waals surface area contributed by atoms with E-state index in [1.54, 1.807) is 13.2 Å². The summed E-state index contributed by atoms with van der Waals surface area (Å²) in [5.74, 6) is -0.672. The highest BCUT2D eigenvalue weighted by Crippen LogP contribution is 2.25. The van der Waals surface area contributed by atoms with Crippen LogP contribution >= 0.6 is 0 Å². The van der Waals surface area contributed by atoms with Crippen LogP contribution in [0.2, 0.25) is 0 Å². The molecule has 1 aromatic carbocycles. The molecule has 1 N–H and O–H groups in total. The molecule has 2 amide bonds. The van der Waals surface area contributed by atoms with Gasteiger partial charge in [0.1, 0.15) is 0 Å². The van der Waals surface area contributed by atoms with E-state index in [0.29, 0.717) is 31.6 Å². The molecule has 2 atom stereocenters. The summed E-state index contributed by atoms with van der Waals surface area (Å²) < 4.78 is 31.0. The first-order valence-corrected chi connectivity index (χ1v) is 11.5. The van der Waals surface area contributed by atoms with Crippen LogP contribution in [0.3, 0.4) is 0 Å². The zero-order valence-electron chi connectivity index (χ0n) is 17.2. The maximum Gasteiger partial charge on any atom is 0.253 e. The SMILES string of the molecule is COCCCN1C(=O)[C@@H]2C[C@H](NC(=O)c3ccc(C)c(C)c3)CN2CCS1(=O)=O. The molecular weight excluding hydrogens is 394 g/mol. The average molecular weight is 424 g/mol. The zero-order valence-corrected chi connectivity index (χ0v) is 18.0. The minimum Gasteiger partial charge on any atom is -0.385 e. The van der Waals surface area contributed by atoms with Gasteiger partial charge >= 0.3 is 0 Å². The Labute approximate surface area is 172 Å². The van der Waals surface area contributed by atoms with E-state index >= 15 is 0 Å². The van der Waals surface area contributed by atoms with Gasteiger partial charge in [-0.05, 0) is 49.9 Å². The molecule has 8 nitrogen and oxygen atoms in total. The summed E-state index contributed by atoms with van der Waals surface area (Å²) in [6, 6.07) is 4.84. The van der Waals surface area contributed by atoms with Crippen LogP contribution in [0.1, 0.15) is 34.3 Å². The molecule has 29 heavy (non-hydrogen) atoms. The van der Waals surface area contributed by atoms with Crippen LogP contribution in [-0.4, -0.2) is 80.6 Å². The fourth-order valence-corrected chi connectivity index (χ4v) is 5.40. The van der Waals surface area contributed by atoms with Gasteiger partial charge in [-0.3, -0.25) is 14.5 Å². The van der Waals surface area contributed by atoms with Crippen LogP contribution < -0.4 is 5.32 Å². The van der Waals surface area contributed by atoms with Gasteiger partial charge in [0.2, 0.25) is 10.0 Å². The molecule has 160 valence electrons. The highest BCUT2D eigenvalue weighted by Gasteiger charge is 2.45. The quantitative estimate of drug-likeness (QED) is 0.676. The lowest BCUT2D eigenvalue weighted by Gasteiger charge is -2.23. The van der Waals surface area contributed by atoms with Crippen LogP contribution in [0.25, 0.3) is 0 Å². The van der Waals surface area contributed by atoms with Gasteiger partial charge in [0, 0.05) is 45.0 Å². The molecule has 0 bridgehead atoms. The van der Waals surface area contributed by atoms with Crippen molar-refractivity contribution in [3.8, 4) is 0 Å². The van der Waals surface area contributed by atoms with Crippen molar-refractivity contribution < 1.29 is 22.7 Å². The van der Waals surface area contributed by atoms with E-state index in [-0.39, 0.29) is 30.8 Å². The lowest BCUT2D eigenvalue weighted by molar-refractivity contribution is -0.130. The molecule has 2 aliphatic rings. The molecule has 2 aliphatic heterocycles. The van der Waals surface area contributed by atoms with E-state index in [1.807, 2.05) is 30.9 Å². The van der Waals surface area contributed by atoms with E-state index in [9.17, 15) is 18.0 Å². The summed E-state index contributed by atoms with van der Waals surface area (Å²) in [6.07, 6.45) is 0.868. The Morgan fingerprint density at radius 3 is 2.72 bits per heavy atom. The zero-order chi connectivity index (χ0) is 21.2. The predicted octanol–water partition coefficient (Wildman–Crippen LogP) is 0.685. The highest BCUT2D eigenvalue weighted by molar-refractivity contribution is 7.89. The summed E-state index contributed by atoms with van der Waals surface area (Å²) in [5, 5.41) is 3.01. The highest BCUT2D eigenvalue weighted by atomic mass is 32.2. The van der Waals surface area contributed by atoms with Crippen molar-refractivity contribution in [1.29, 1.82) is 0 Å². The van der Waals surface area contributed by atoms with Crippen LogP contribution in [0.4, 0.5) is 0 Å². The number of fused-ring (bicyclic) bond motifs is 1. The normalized spacial score (nSPS) is 24.2. The minimum absolute atomic E-state index is 0.0972. The van der Waals surface area contributed by atoms with Gasteiger partial charge in [-0.1, -0.05) is 6.07 Å². The average Bonchev–Trinajstić information content (AvgIpc) is 3.04. The van der Waals surface area contributed by atoms with Crippen molar-refractivity contribution in [1.82, 2.24) is 14.5 Å². The van der Waals surface area contributed by atoms with Crippen LogP contribution in [0.15, 0.2) is 18.2 Å². The maximum atomic E-state index is 13.0. The van der Waals surface area contributed by atoms with Crippen molar-refractivity contribution in [2.45, 2.75) is 38.8 Å². The molecule has 2 saturated heterocycles. The second kappa shape index (κ2) is 8.81. The predicted molar refractivity (Wildman–Crippen MR) is 109 cm³/mol. The van der Waals surface area contributed by atoms with Crippen molar-refractivity contribution in [3.63, 3.8) is 0 Å². The number of ether oxygens (including phenoxy) is 1. The minimum atomic E-state index is -3.62. The van der Waals surface area contributed by atoms with Gasteiger partial charge in [0.25, 0.3) is 11.8 Å². The van der Waals surface area contributed by atoms with E-state index in [1.165, 1.54) is 0 Å². The number of hydrogen-bond acceptors (Lipinski definition) is 6. The Kier molecular flexibility index (Phi) is 6.60. The van der Waals surface area contributed by atoms with Gasteiger partial charge < -0.3 is 10.1 Å². The van der Waals surface area contributed by atoms with Crippen molar-refractivity contribution in [3.05, 3.63) is 34.9 Å². The van der Waals surface area contributed by atoms with Gasteiger partial charge in [0.15, 0.2) is 0 Å². The largest absolute Gasteiger partial charge is 0.385 e. The third-order valence-corrected chi connectivity index (χ3v) is 7.45. The van der Waals surface area contributed by atoms with Crippen LogP contribution in [0, 0.1) is 13.8 Å². The summed E-state index contributed by atoms with van der Waals surface area (Å²) in [5.41, 5.74) is 2.76. The second-order valence-corrected chi connectivity index (χ2v) is 9.80. The third-order valence-electron chi connectivity index (χ3n) is 5.72. The van der Waals surface area contributed by atoms with Crippen molar-refractivity contribution in [2.75, 3.05) is 39.1 Å². The molecular formula is C20H29N3O5S. The number of nitrogens with zero attached hydrogens (tertiary/aromatic N) is 2. The van der Waals surface area contributed by atoms with Gasteiger partial charge in [-0.25, -0.2) is 12.7 Å². The van der Waals surface area contributed by atoms with Gasteiger partial charge in [-0.15, -0.1) is 0 Å². The van der Waals surface area contributed by atoms with E-state index in [0.717, 1.165) is 15.4 Å². The lowest BCUT2D eigenvalue weighted by Crippen LogP contribution is -2.44. The van der Waals surface area contributed by atoms with Gasteiger partial charge in [0.05, 0.1) is 11.8 Å². The number of methoxy groups -OCH3 is 1. The molecule has 9 heteroatoms. The first-order valence-electron chi connectivity index (χ1n) is 9.88. The Bertz CT molecular complexity index is 886. The number of carbonyl (C=O) groups excluding carboxylic acids is 2. The number of aryl methyl sites for hydroxylation is 2. The number of hydrogen-bond donors (Lipinski definition) is 1. The Hall–Kier alpha value is -1.97. The molecule has 3 rings (SSSR count). The van der Waals surface area contributed by atoms with E-state index in [4.69, 9.17) is 4.74 Å². The monoisotopic (exact) mass is 423 g/mol. The summed E-state index contributed by atoms with van der Waals surface area (Å²) in [7, 11) is -2.08. The molecule has 0 aromatic heterocycles. The first-order chi connectivity index (χ1) is 13.7. The molecule has 2 heterocycles. The Morgan fingerprint density at radius 1 is 1.28 bits per heavy atom. The molecule has 0 aliphatic carbocycles. The second-order valence-electron chi connectivity index (χ2n) is 7.79. The molecule has 0 spiro atoms. The molecule has 2 fully saturated rings. The van der Waals surface area contributed by atoms with Gasteiger partial charge in [-0.2, -0.15) is 0 Å². The third kappa shape index (κ3) is 4.79. The molecule has 0 saturated carbocycles. The summed E-state index contributed by atoms with van der Waals surface area (Å²) in [4.78, 5) is 27.5. The number of sulfonamides is 1. The smallest absolute Gasteiger partial charge is 0.253 e. The van der Waals surface area contributed by atoms with E-state index < -0.39 is 22.0 Å². The standard InChI is InChI=1S/C20H29N3O5S/c1-14-5-6-16(11-15(14)2)19(24)21-17-12-18-20(25)23(7-4-9-28-3)29(26,27)10-8-22(18)13-17/h5-6,11,17-18H,4,7-10,12-13H2,1-3H3,(H,21,24)/t17-,18-/m0/s1. The maximum absolute atomic E-state index is 13.0. The number of amides is 2. The number of rotatable bonds is 6. The summed E-state index contributed by atoms with van der Waals surface area (Å²) in [6.45, 7) is 5.22. The fraction of sp³-hybridized carbons (Fsp3) is 0.600. The van der Waals surface area contributed by atoms with E-state index in [2.05, 4.69) is 5.32 Å². The number of carbonyl (C=O) groups is 2. The lowest BCUT2D eigenvalue weighted by atomic mass is 10.1. The topological polar surface area (TPSA) is 96.0 Å².